The number of rotatable bonds is 1. The van der Waals surface area contributed by atoms with Gasteiger partial charge >= 0.3 is 6.16 Å². The van der Waals surface area contributed by atoms with Crippen LogP contribution in [0.1, 0.15) is 47.1 Å². The summed E-state index contributed by atoms with van der Waals surface area (Å²) in [5, 5.41) is 9.94. The average molecular weight is 266 g/mol. The minimum atomic E-state index is -0.782. The Labute approximate surface area is 114 Å². The topological polar surface area (TPSA) is 55.8 Å². The van der Waals surface area contributed by atoms with E-state index >= 15 is 0 Å². The van der Waals surface area contributed by atoms with Gasteiger partial charge in [-0.05, 0) is 37.8 Å². The first-order valence-corrected chi connectivity index (χ1v) is 6.23. The van der Waals surface area contributed by atoms with Crippen LogP contribution in [0.25, 0.3) is 0 Å². The predicted molar refractivity (Wildman–Crippen MR) is 73.7 cm³/mol. The molecule has 0 radical (unpaired) electrons. The van der Waals surface area contributed by atoms with Crippen LogP contribution in [0, 0.1) is 0 Å². The molecule has 0 aliphatic heterocycles. The average Bonchev–Trinajstić information content (AvgIpc) is 2.11. The standard InChI is InChI=1S/C15H22O4/c1-14(2,3)11-8-7-10(9-12(11)16)18-13(17)19-15(4,5)6/h7-9,16H,1-6H3. The summed E-state index contributed by atoms with van der Waals surface area (Å²) in [6.07, 6.45) is -0.782. The van der Waals surface area contributed by atoms with Crippen molar-refractivity contribution in [1.29, 1.82) is 0 Å². The van der Waals surface area contributed by atoms with Gasteiger partial charge in [0, 0.05) is 6.07 Å². The fraction of sp³-hybridized carbons (Fsp3) is 0.533. The first-order valence-electron chi connectivity index (χ1n) is 6.23. The highest BCUT2D eigenvalue weighted by Crippen LogP contribution is 2.33. The second-order valence-electron chi connectivity index (χ2n) is 6.50. The van der Waals surface area contributed by atoms with Crippen molar-refractivity contribution in [2.45, 2.75) is 52.6 Å². The Morgan fingerprint density at radius 3 is 2.11 bits per heavy atom. The van der Waals surface area contributed by atoms with E-state index in [9.17, 15) is 9.90 Å². The lowest BCUT2D eigenvalue weighted by Crippen LogP contribution is -2.26. The van der Waals surface area contributed by atoms with Crippen molar-refractivity contribution < 1.29 is 19.4 Å². The van der Waals surface area contributed by atoms with Crippen LogP contribution in [0.2, 0.25) is 0 Å². The van der Waals surface area contributed by atoms with E-state index in [0.717, 1.165) is 5.56 Å². The molecular weight excluding hydrogens is 244 g/mol. The second-order valence-corrected chi connectivity index (χ2v) is 6.50. The zero-order chi connectivity index (χ0) is 14.8. The maximum Gasteiger partial charge on any atom is 0.514 e. The minimum Gasteiger partial charge on any atom is -0.508 e. The SMILES string of the molecule is CC(C)(C)OC(=O)Oc1ccc(C(C)(C)C)c(O)c1. The molecule has 0 atom stereocenters. The molecule has 4 heteroatoms. The molecule has 0 saturated heterocycles. The molecule has 1 aromatic rings. The van der Waals surface area contributed by atoms with Gasteiger partial charge in [-0.15, -0.1) is 0 Å². The maximum absolute atomic E-state index is 11.5. The van der Waals surface area contributed by atoms with Crippen LogP contribution >= 0.6 is 0 Å². The van der Waals surface area contributed by atoms with Gasteiger partial charge in [0.2, 0.25) is 0 Å². The quantitative estimate of drug-likeness (QED) is 0.616. The molecule has 0 aliphatic carbocycles. The highest BCUT2D eigenvalue weighted by atomic mass is 16.7. The van der Waals surface area contributed by atoms with Crippen LogP contribution in [0.5, 0.6) is 11.5 Å². The molecule has 106 valence electrons. The molecule has 0 saturated carbocycles. The number of phenols is 1. The summed E-state index contributed by atoms with van der Waals surface area (Å²) in [7, 11) is 0. The number of carbonyl (C=O) groups excluding carboxylic acids is 1. The maximum atomic E-state index is 11.5. The monoisotopic (exact) mass is 266 g/mol. The van der Waals surface area contributed by atoms with Gasteiger partial charge in [0.25, 0.3) is 0 Å². The van der Waals surface area contributed by atoms with E-state index in [4.69, 9.17) is 9.47 Å². The number of benzene rings is 1. The molecule has 0 bridgehead atoms. The van der Waals surface area contributed by atoms with E-state index < -0.39 is 11.8 Å². The lowest BCUT2D eigenvalue weighted by molar-refractivity contribution is 0.0206. The van der Waals surface area contributed by atoms with Gasteiger partial charge in [-0.1, -0.05) is 26.8 Å². The van der Waals surface area contributed by atoms with Crippen molar-refractivity contribution in [1.82, 2.24) is 0 Å². The summed E-state index contributed by atoms with van der Waals surface area (Å²) < 4.78 is 10.1. The van der Waals surface area contributed by atoms with Gasteiger partial charge in [-0.3, -0.25) is 0 Å². The summed E-state index contributed by atoms with van der Waals surface area (Å²) >= 11 is 0. The van der Waals surface area contributed by atoms with Gasteiger partial charge in [-0.25, -0.2) is 4.79 Å². The van der Waals surface area contributed by atoms with Crippen LogP contribution in [-0.4, -0.2) is 16.9 Å². The third-order valence-corrected chi connectivity index (χ3v) is 2.37. The lowest BCUT2D eigenvalue weighted by atomic mass is 9.86. The summed E-state index contributed by atoms with van der Waals surface area (Å²) in [6.45, 7) is 11.3. The van der Waals surface area contributed by atoms with Crippen LogP contribution in [0.15, 0.2) is 18.2 Å². The summed E-state index contributed by atoms with van der Waals surface area (Å²) in [6, 6.07) is 4.81. The highest BCUT2D eigenvalue weighted by molar-refractivity contribution is 5.64. The Bertz CT molecular complexity index is 464. The van der Waals surface area contributed by atoms with Crippen LogP contribution in [0.4, 0.5) is 4.79 Å². The summed E-state index contributed by atoms with van der Waals surface area (Å²) in [5.41, 5.74) is 0.0166. The van der Waals surface area contributed by atoms with Gasteiger partial charge in [0.15, 0.2) is 0 Å². The van der Waals surface area contributed by atoms with Crippen molar-refractivity contribution in [3.8, 4) is 11.5 Å². The molecule has 0 spiro atoms. The number of aromatic hydroxyl groups is 1. The van der Waals surface area contributed by atoms with E-state index in [1.54, 1.807) is 32.9 Å². The van der Waals surface area contributed by atoms with Gasteiger partial charge in [0.05, 0.1) is 0 Å². The molecule has 0 unspecified atom stereocenters. The zero-order valence-electron chi connectivity index (χ0n) is 12.4. The zero-order valence-corrected chi connectivity index (χ0v) is 12.4. The second kappa shape index (κ2) is 5.11. The van der Waals surface area contributed by atoms with Crippen molar-refractivity contribution in [2.24, 2.45) is 0 Å². The van der Waals surface area contributed by atoms with E-state index in [1.807, 2.05) is 20.8 Å². The molecule has 1 rings (SSSR count). The normalized spacial score (nSPS) is 12.1. The summed E-state index contributed by atoms with van der Waals surface area (Å²) in [5.74, 6) is 0.369. The Morgan fingerprint density at radius 2 is 1.68 bits per heavy atom. The molecular formula is C15H22O4. The fourth-order valence-electron chi connectivity index (χ4n) is 1.58. The Hall–Kier alpha value is -1.71. The van der Waals surface area contributed by atoms with Gasteiger partial charge in [-0.2, -0.15) is 0 Å². The molecule has 1 aromatic carbocycles. The van der Waals surface area contributed by atoms with Gasteiger partial charge in [0.1, 0.15) is 17.1 Å². The van der Waals surface area contributed by atoms with Gasteiger partial charge < -0.3 is 14.6 Å². The Balaban J connectivity index is 2.83. The fourth-order valence-corrected chi connectivity index (χ4v) is 1.58. The first-order chi connectivity index (χ1) is 8.49. The molecule has 4 nitrogen and oxygen atoms in total. The number of hydrogen-bond donors (Lipinski definition) is 1. The Kier molecular flexibility index (Phi) is 4.13. The highest BCUT2D eigenvalue weighted by Gasteiger charge is 2.21. The molecule has 0 amide bonds. The molecule has 1 N–H and O–H groups in total. The molecule has 0 aromatic heterocycles. The number of ether oxygens (including phenoxy) is 2. The van der Waals surface area contributed by atoms with Crippen molar-refractivity contribution in [3.05, 3.63) is 23.8 Å². The molecule has 0 heterocycles. The smallest absolute Gasteiger partial charge is 0.508 e. The Morgan fingerprint density at radius 1 is 1.11 bits per heavy atom. The number of carbonyl (C=O) groups is 1. The van der Waals surface area contributed by atoms with Crippen molar-refractivity contribution >= 4 is 6.16 Å². The summed E-state index contributed by atoms with van der Waals surface area (Å²) in [4.78, 5) is 11.5. The van der Waals surface area contributed by atoms with E-state index in [-0.39, 0.29) is 16.9 Å². The first kappa shape index (κ1) is 15.3. The van der Waals surface area contributed by atoms with Crippen molar-refractivity contribution in [2.75, 3.05) is 0 Å². The number of phenolic OH excluding ortho intramolecular Hbond substituents is 1. The van der Waals surface area contributed by atoms with Crippen molar-refractivity contribution in [3.63, 3.8) is 0 Å². The van der Waals surface area contributed by atoms with E-state index in [2.05, 4.69) is 0 Å². The third-order valence-electron chi connectivity index (χ3n) is 2.37. The van der Waals surface area contributed by atoms with E-state index in [1.165, 1.54) is 6.07 Å². The number of hydrogen-bond acceptors (Lipinski definition) is 4. The third kappa shape index (κ3) is 4.81. The van der Waals surface area contributed by atoms with Crippen LogP contribution in [-0.2, 0) is 10.2 Å². The molecule has 0 fully saturated rings. The minimum absolute atomic E-state index is 0.105. The van der Waals surface area contributed by atoms with E-state index in [0.29, 0.717) is 0 Å². The largest absolute Gasteiger partial charge is 0.514 e. The molecule has 19 heavy (non-hydrogen) atoms. The van der Waals surface area contributed by atoms with Crippen LogP contribution < -0.4 is 4.74 Å². The lowest BCUT2D eigenvalue weighted by Gasteiger charge is -2.21. The molecule has 0 aliphatic rings. The van der Waals surface area contributed by atoms with Crippen LogP contribution in [0.3, 0.4) is 0 Å². The predicted octanol–water partition coefficient (Wildman–Crippen LogP) is 4.00.